The van der Waals surface area contributed by atoms with Crippen LogP contribution in [0.1, 0.15) is 16.9 Å². The maximum atomic E-state index is 11.9. The molecule has 7 heteroatoms. The van der Waals surface area contributed by atoms with Gasteiger partial charge in [0.05, 0.1) is 11.5 Å². The van der Waals surface area contributed by atoms with Gasteiger partial charge in [-0.05, 0) is 24.5 Å². The number of amides is 1. The fraction of sp³-hybridized carbons (Fsp3) is 0.500. The van der Waals surface area contributed by atoms with E-state index in [2.05, 4.69) is 15.6 Å². The molecule has 19 heavy (non-hydrogen) atoms. The van der Waals surface area contributed by atoms with Gasteiger partial charge in [-0.15, -0.1) is 0 Å². The number of carbonyl (C=O) groups is 1. The van der Waals surface area contributed by atoms with Crippen molar-refractivity contribution in [2.75, 3.05) is 30.4 Å². The lowest BCUT2D eigenvalue weighted by atomic mass is 10.1. The molecule has 1 aromatic rings. The lowest BCUT2D eigenvalue weighted by molar-refractivity contribution is 0.0943. The van der Waals surface area contributed by atoms with Gasteiger partial charge in [0.2, 0.25) is 0 Å². The Balaban J connectivity index is 1.91. The molecule has 6 nitrogen and oxygen atoms in total. The molecule has 0 aromatic carbocycles. The summed E-state index contributed by atoms with van der Waals surface area (Å²) < 4.78 is 22.6. The van der Waals surface area contributed by atoms with Gasteiger partial charge in [0.15, 0.2) is 9.84 Å². The molecule has 0 aliphatic carbocycles. The van der Waals surface area contributed by atoms with Crippen LogP contribution in [0.25, 0.3) is 0 Å². The monoisotopic (exact) mass is 283 g/mol. The maximum Gasteiger partial charge on any atom is 0.269 e. The second kappa shape index (κ2) is 5.56. The molecule has 1 fully saturated rings. The van der Waals surface area contributed by atoms with Crippen LogP contribution in [0, 0.1) is 5.92 Å². The van der Waals surface area contributed by atoms with Crippen LogP contribution in [0.5, 0.6) is 0 Å². The normalized spacial score (nSPS) is 21.0. The van der Waals surface area contributed by atoms with E-state index >= 15 is 0 Å². The van der Waals surface area contributed by atoms with Crippen LogP contribution in [0.2, 0.25) is 0 Å². The molecule has 1 aliphatic heterocycles. The standard InChI is InChI=1S/C12H17N3O3S/c1-13-11-4-2-3-10(15-11)12(16)14-7-9-5-6-19(17,18)8-9/h2-4,9H,5-8H2,1H3,(H,13,15)(H,14,16). The number of hydrogen-bond donors (Lipinski definition) is 2. The largest absolute Gasteiger partial charge is 0.373 e. The number of rotatable bonds is 4. The number of hydrogen-bond acceptors (Lipinski definition) is 5. The van der Waals surface area contributed by atoms with Crippen molar-refractivity contribution in [1.82, 2.24) is 10.3 Å². The van der Waals surface area contributed by atoms with Crippen LogP contribution < -0.4 is 10.6 Å². The van der Waals surface area contributed by atoms with Crippen molar-refractivity contribution in [3.63, 3.8) is 0 Å². The minimum atomic E-state index is -2.90. The molecule has 1 aliphatic rings. The summed E-state index contributed by atoms with van der Waals surface area (Å²) in [5, 5.41) is 5.60. The first-order valence-electron chi connectivity index (χ1n) is 6.13. The molecule has 2 rings (SSSR count). The highest BCUT2D eigenvalue weighted by Crippen LogP contribution is 2.17. The molecule has 1 saturated heterocycles. The summed E-state index contributed by atoms with van der Waals surface area (Å²) in [5.41, 5.74) is 0.327. The minimum Gasteiger partial charge on any atom is -0.373 e. The average molecular weight is 283 g/mol. The maximum absolute atomic E-state index is 11.9. The summed E-state index contributed by atoms with van der Waals surface area (Å²) in [7, 11) is -1.17. The smallest absolute Gasteiger partial charge is 0.269 e. The summed E-state index contributed by atoms with van der Waals surface area (Å²) in [5.74, 6) is 0.747. The summed E-state index contributed by atoms with van der Waals surface area (Å²) in [6.45, 7) is 0.378. The number of sulfone groups is 1. The molecule has 2 N–H and O–H groups in total. The van der Waals surface area contributed by atoms with Crippen molar-refractivity contribution >= 4 is 21.6 Å². The van der Waals surface area contributed by atoms with Gasteiger partial charge >= 0.3 is 0 Å². The Morgan fingerprint density at radius 1 is 1.47 bits per heavy atom. The fourth-order valence-corrected chi connectivity index (χ4v) is 3.92. The number of nitrogens with zero attached hydrogens (tertiary/aromatic N) is 1. The Labute approximate surface area is 112 Å². The summed E-state index contributed by atoms with van der Waals surface area (Å²) in [6.07, 6.45) is 0.618. The number of pyridine rings is 1. The Bertz CT molecular complexity index is 571. The Kier molecular flexibility index (Phi) is 4.04. The van der Waals surface area contributed by atoms with Gasteiger partial charge in [-0.25, -0.2) is 13.4 Å². The molecule has 1 amide bonds. The lowest BCUT2D eigenvalue weighted by Crippen LogP contribution is -2.30. The van der Waals surface area contributed by atoms with Crippen LogP contribution in [0.4, 0.5) is 5.82 Å². The highest BCUT2D eigenvalue weighted by Gasteiger charge is 2.28. The topological polar surface area (TPSA) is 88.2 Å². The molecular formula is C12H17N3O3S. The zero-order valence-corrected chi connectivity index (χ0v) is 11.5. The molecule has 0 radical (unpaired) electrons. The van der Waals surface area contributed by atoms with Crippen LogP contribution in [-0.4, -0.2) is 44.4 Å². The quantitative estimate of drug-likeness (QED) is 0.829. The number of anilines is 1. The third-order valence-electron chi connectivity index (χ3n) is 3.12. The van der Waals surface area contributed by atoms with Crippen molar-refractivity contribution in [3.05, 3.63) is 23.9 Å². The van der Waals surface area contributed by atoms with E-state index in [1.165, 1.54) is 0 Å². The molecule has 0 bridgehead atoms. The highest BCUT2D eigenvalue weighted by atomic mass is 32.2. The third kappa shape index (κ3) is 3.66. The molecular weight excluding hydrogens is 266 g/mol. The first-order chi connectivity index (χ1) is 9.00. The van der Waals surface area contributed by atoms with Crippen molar-refractivity contribution < 1.29 is 13.2 Å². The molecule has 1 atom stereocenters. The van der Waals surface area contributed by atoms with Crippen molar-refractivity contribution in [2.24, 2.45) is 5.92 Å². The third-order valence-corrected chi connectivity index (χ3v) is 4.95. The van der Waals surface area contributed by atoms with Crippen LogP contribution >= 0.6 is 0 Å². The van der Waals surface area contributed by atoms with Crippen LogP contribution in [-0.2, 0) is 9.84 Å². The van der Waals surface area contributed by atoms with Crippen molar-refractivity contribution in [1.29, 1.82) is 0 Å². The van der Waals surface area contributed by atoms with E-state index in [9.17, 15) is 13.2 Å². The molecule has 0 saturated carbocycles. The number of carbonyl (C=O) groups excluding carboxylic acids is 1. The van der Waals surface area contributed by atoms with Gasteiger partial charge in [-0.3, -0.25) is 4.79 Å². The van der Waals surface area contributed by atoms with E-state index in [0.29, 0.717) is 24.5 Å². The molecule has 1 unspecified atom stereocenters. The van der Waals surface area contributed by atoms with E-state index < -0.39 is 9.84 Å². The first-order valence-corrected chi connectivity index (χ1v) is 7.96. The first kappa shape index (κ1) is 13.8. The summed E-state index contributed by atoms with van der Waals surface area (Å²) in [6, 6.07) is 5.13. The van der Waals surface area contributed by atoms with Gasteiger partial charge in [0, 0.05) is 13.6 Å². The van der Waals surface area contributed by atoms with E-state index in [0.717, 1.165) is 0 Å². The average Bonchev–Trinajstić information content (AvgIpc) is 2.75. The van der Waals surface area contributed by atoms with Crippen LogP contribution in [0.15, 0.2) is 18.2 Å². The van der Waals surface area contributed by atoms with Gasteiger partial charge in [-0.2, -0.15) is 0 Å². The lowest BCUT2D eigenvalue weighted by Gasteiger charge is -2.09. The number of aromatic nitrogens is 1. The van der Waals surface area contributed by atoms with E-state index in [-0.39, 0.29) is 23.3 Å². The van der Waals surface area contributed by atoms with E-state index in [4.69, 9.17) is 0 Å². The molecule has 0 spiro atoms. The minimum absolute atomic E-state index is 0.0152. The van der Waals surface area contributed by atoms with Gasteiger partial charge in [0.1, 0.15) is 11.5 Å². The van der Waals surface area contributed by atoms with E-state index in [1.54, 1.807) is 25.2 Å². The highest BCUT2D eigenvalue weighted by molar-refractivity contribution is 7.91. The van der Waals surface area contributed by atoms with Gasteiger partial charge in [-0.1, -0.05) is 6.07 Å². The second-order valence-corrected chi connectivity index (χ2v) is 6.87. The van der Waals surface area contributed by atoms with Crippen molar-refractivity contribution in [2.45, 2.75) is 6.42 Å². The van der Waals surface area contributed by atoms with E-state index in [1.807, 2.05) is 0 Å². The Morgan fingerprint density at radius 2 is 2.26 bits per heavy atom. The summed E-state index contributed by atoms with van der Waals surface area (Å²) >= 11 is 0. The van der Waals surface area contributed by atoms with Crippen molar-refractivity contribution in [3.8, 4) is 0 Å². The SMILES string of the molecule is CNc1cccc(C(=O)NCC2CCS(=O)(=O)C2)n1. The molecule has 104 valence electrons. The fourth-order valence-electron chi connectivity index (χ4n) is 2.06. The Hall–Kier alpha value is -1.63. The zero-order valence-electron chi connectivity index (χ0n) is 10.7. The molecule has 2 heterocycles. The zero-order chi connectivity index (χ0) is 13.9. The predicted molar refractivity (Wildman–Crippen MR) is 72.9 cm³/mol. The summed E-state index contributed by atoms with van der Waals surface area (Å²) in [4.78, 5) is 16.0. The Morgan fingerprint density at radius 3 is 2.89 bits per heavy atom. The van der Waals surface area contributed by atoms with Crippen LogP contribution in [0.3, 0.4) is 0 Å². The molecule has 1 aromatic heterocycles. The van der Waals surface area contributed by atoms with Gasteiger partial charge < -0.3 is 10.6 Å². The number of nitrogens with one attached hydrogen (secondary N) is 2. The predicted octanol–water partition coefficient (Wildman–Crippen LogP) is 0.288. The van der Waals surface area contributed by atoms with Gasteiger partial charge in [0.25, 0.3) is 5.91 Å². The second-order valence-electron chi connectivity index (χ2n) is 4.64.